The Kier molecular flexibility index (Phi) is 17.3. The van der Waals surface area contributed by atoms with Crippen molar-refractivity contribution in [1.29, 1.82) is 0 Å². The summed E-state index contributed by atoms with van der Waals surface area (Å²) in [6, 6.07) is -10.2. The standard InChI is InChI=1S/4C24H38N2O4/c4*1-14(2)9-17-13-26-8-7-16-10-21(28-5)22(29-6)11-18(16)19(26)12-20(17)30-24(27)23(25)15(3)4/h4*10-11,14-15,17,19-20,23H,7-9,12-13,25H2,1-6H3/t4*17?,19?,20?,23-/m0000/s1/i3D3,4D3,5D3,6D3,15D,19D,20D,23D;3D3,4D3,6D3,15D,19D,20D,23D;3D3,4D3,5D3,15D,19D,20D,23D;3D3,4D3,15D,19D,20D,23D. The fraction of sp³-hybridized carbons (Fsp3) is 0.708. The predicted octanol–water partition coefficient (Wildman–Crippen LogP) is 14.3. The number of methoxy groups -OCH3 is 8. The topological polar surface area (TPSA) is 296 Å². The van der Waals surface area contributed by atoms with Gasteiger partial charge in [-0.05, 0) is 192 Å². The SMILES string of the molecule is [2H]C([2H])([2H])Oc1cc2c(cc1OC([2H])([2H])[2H])C1([2H])CC([2H])(OC(=O)[C@@]([2H])(N)C([2H])(C([2H])([2H])[2H])C([2H])([2H])[2H])C(CC(C)C)CN1CC2.[2H]C([2H])([2H])Oc1cc2c(cc1OC)C1([2H])CC([2H])(OC(=O)[C@@]([2H])(N)C([2H])(C([2H])([2H])[2H])C([2H])([2H])[2H])C(CC(C)C)CN1CC2.[2H]C([2H])([2H])Oc1cc2c(cc1OC)CCN1CC(CC(C)C)C([2H])(OC(=O)[C@@]([2H])(N)C([2H])(C([2H])([2H])[2H])C([2H])([2H])[2H])CC21[2H].[2H]C1(OC(=O)[C@@]([2H])(N)C([2H])(C([2H])([2H])[2H])C([2H])([2H])[2H])CC2([2H])c3cc(OC)c(OC)cc3CCN2CC1CC(C)C. The van der Waals surface area contributed by atoms with Gasteiger partial charge in [0.15, 0.2) is 46.0 Å². The molecule has 0 aromatic heterocycles. The maximum absolute atomic E-state index is 13.5. The molecule has 24 heteroatoms. The number of benzene rings is 4. The lowest BCUT2D eigenvalue weighted by molar-refractivity contribution is -0.161. The van der Waals surface area contributed by atoms with Crippen molar-refractivity contribution in [3.63, 3.8) is 0 Å². The van der Waals surface area contributed by atoms with Crippen LogP contribution in [0.25, 0.3) is 0 Å². The zero-order valence-corrected chi connectivity index (χ0v) is 70.0. The van der Waals surface area contributed by atoms with Crippen molar-refractivity contribution in [3.8, 4) is 46.0 Å². The number of carbonyl (C=O) groups is 4. The van der Waals surface area contributed by atoms with Gasteiger partial charge in [0, 0.05) is 164 Å². The molecule has 4 aromatic carbocycles. The van der Waals surface area contributed by atoms with E-state index in [2.05, 4.69) is 0 Å². The average Bonchev–Trinajstić information content (AvgIpc) is 0.711. The van der Waals surface area contributed by atoms with E-state index in [4.69, 9.17) is 140 Å². The van der Waals surface area contributed by atoms with E-state index in [1.54, 1.807) is 26.8 Å². The molecule has 672 valence electrons. The van der Waals surface area contributed by atoms with Crippen LogP contribution >= 0.6 is 0 Å². The zero-order valence-electron chi connectivity index (χ0n) is 122. The number of esters is 4. The van der Waals surface area contributed by atoms with Gasteiger partial charge in [-0.1, -0.05) is 110 Å². The van der Waals surface area contributed by atoms with Crippen LogP contribution in [0.15, 0.2) is 48.5 Å². The number of hydrogen-bond acceptors (Lipinski definition) is 24. The number of ether oxygens (including phenoxy) is 12. The van der Waals surface area contributed by atoms with Crippen LogP contribution in [0.4, 0.5) is 0 Å². The maximum Gasteiger partial charge on any atom is 0.323 e. The van der Waals surface area contributed by atoms with Crippen LogP contribution in [-0.2, 0) is 63.8 Å². The Labute approximate surface area is 791 Å². The van der Waals surface area contributed by atoms with E-state index >= 15 is 0 Å². The number of rotatable bonds is 28. The number of piperidine rings is 4. The lowest BCUT2D eigenvalue weighted by Gasteiger charge is -2.47. The maximum atomic E-state index is 13.5. The first kappa shape index (κ1) is 47.2. The largest absolute Gasteiger partial charge is 0.493 e. The van der Waals surface area contributed by atoms with Gasteiger partial charge >= 0.3 is 23.9 Å². The molecule has 4 aromatic rings. The summed E-state index contributed by atoms with van der Waals surface area (Å²) >= 11 is 0. The first-order valence-corrected chi connectivity index (χ1v) is 39.6. The van der Waals surface area contributed by atoms with Gasteiger partial charge in [-0.25, -0.2) is 0 Å². The molecule has 12 unspecified atom stereocenters. The van der Waals surface area contributed by atoms with E-state index in [0.717, 1.165) is 11.6 Å². The first-order chi connectivity index (χ1) is 76.9. The minimum atomic E-state index is -3.87. The average molecular weight is 1730 g/mol. The predicted molar refractivity (Wildman–Crippen MR) is 471 cm³/mol. The van der Waals surface area contributed by atoms with Crippen molar-refractivity contribution < 1.29 is 147 Å². The van der Waals surface area contributed by atoms with Crippen molar-refractivity contribution in [2.75, 3.05) is 109 Å². The molecule has 4 fully saturated rings. The van der Waals surface area contributed by atoms with Gasteiger partial charge in [0.2, 0.25) is 0 Å². The molecule has 8 N–H and O–H groups in total. The van der Waals surface area contributed by atoms with Crippen LogP contribution in [0.5, 0.6) is 46.0 Å². The number of nitrogens with zero attached hydrogens (tertiary/aromatic N) is 4. The molecule has 0 spiro atoms. The molecule has 0 bridgehead atoms. The molecular formula is C96H152N8O16. The molecule has 8 heterocycles. The van der Waals surface area contributed by atoms with Crippen LogP contribution in [0.3, 0.4) is 0 Å². The third-order valence-electron chi connectivity index (χ3n) is 22.2. The summed E-state index contributed by atoms with van der Waals surface area (Å²) in [5, 5.41) is 0. The van der Waals surface area contributed by atoms with Gasteiger partial charge in [0.25, 0.3) is 0 Å². The molecule has 0 aliphatic carbocycles. The van der Waals surface area contributed by atoms with Gasteiger partial charge < -0.3 is 79.8 Å². The second-order valence-electron chi connectivity index (χ2n) is 32.2. The van der Waals surface area contributed by atoms with Crippen molar-refractivity contribution in [1.82, 2.24) is 19.6 Å². The normalized spacial score (nSPS) is 38.8. The highest BCUT2D eigenvalue weighted by atomic mass is 16.6. The molecule has 0 saturated carbocycles. The summed E-state index contributed by atoms with van der Waals surface area (Å²) in [5.74, 6) is -26.3. The second-order valence-corrected chi connectivity index (χ2v) is 32.2. The van der Waals surface area contributed by atoms with E-state index in [9.17, 15) is 30.1 Å². The van der Waals surface area contributed by atoms with Crippen LogP contribution in [0.1, 0.15) is 301 Å². The monoisotopic (exact) mass is 1730 g/mol. The third-order valence-corrected chi connectivity index (χ3v) is 22.2. The molecular weight excluding hydrogens is 1520 g/mol. The summed E-state index contributed by atoms with van der Waals surface area (Å²) in [6.45, 7) is -13.3. The lowest BCUT2D eigenvalue weighted by atomic mass is 9.79. The van der Waals surface area contributed by atoms with Crippen LogP contribution in [0.2, 0.25) is 0 Å². The van der Waals surface area contributed by atoms with E-state index in [0.29, 0.717) is 97.5 Å². The van der Waals surface area contributed by atoms with Crippen molar-refractivity contribution in [3.05, 3.63) is 93.0 Å². The Morgan fingerprint density at radius 1 is 0.342 bits per heavy atom. The van der Waals surface area contributed by atoms with E-state index in [1.165, 1.54) is 58.8 Å². The highest BCUT2D eigenvalue weighted by Crippen LogP contribution is 2.50. The summed E-state index contributed by atoms with van der Waals surface area (Å²) in [5.41, 5.74) is 26.4. The van der Waals surface area contributed by atoms with Crippen molar-refractivity contribution >= 4 is 23.9 Å². The molecule has 120 heavy (non-hydrogen) atoms. The first-order valence-electron chi connectivity index (χ1n) is 65.6. The smallest absolute Gasteiger partial charge is 0.323 e. The molecule has 8 aliphatic heterocycles. The fourth-order valence-electron chi connectivity index (χ4n) is 16.5. The minimum absolute atomic E-state index is 0.0155. The Morgan fingerprint density at radius 2 is 0.533 bits per heavy atom. The van der Waals surface area contributed by atoms with Crippen LogP contribution < -0.4 is 60.8 Å². The Bertz CT molecular complexity index is 6300. The summed E-state index contributed by atoms with van der Waals surface area (Å²) in [6.07, 6.45) is -8.52. The van der Waals surface area contributed by atoms with Crippen LogP contribution in [-0.4, -0.2) is 201 Å². The summed E-state index contributed by atoms with van der Waals surface area (Å²) in [4.78, 5) is 60.9. The number of hydrogen-bond donors (Lipinski definition) is 4. The van der Waals surface area contributed by atoms with Crippen molar-refractivity contribution in [2.45, 2.75) is 260 Å². The second kappa shape index (κ2) is 43.9. The van der Waals surface area contributed by atoms with E-state index in [1.807, 2.05) is 60.3 Å². The molecule has 0 radical (unpaired) electrons. The Balaban J connectivity index is 0.000000251. The molecule has 4 saturated heterocycles. The lowest BCUT2D eigenvalue weighted by Crippen LogP contribution is -2.51. The summed E-state index contributed by atoms with van der Waals surface area (Å²) < 4.78 is 480. The fourth-order valence-corrected chi connectivity index (χ4v) is 16.5. The highest BCUT2D eigenvalue weighted by molar-refractivity contribution is 5.77. The van der Waals surface area contributed by atoms with Gasteiger partial charge in [0.05, 0.1) is 89.5 Å². The van der Waals surface area contributed by atoms with Gasteiger partial charge in [-0.2, -0.15) is 0 Å². The number of fused-ring (bicyclic) bond motifs is 12. The van der Waals surface area contributed by atoms with Crippen molar-refractivity contribution in [2.24, 2.45) is 93.9 Å². The molecule has 0 amide bonds. The Hall–Kier alpha value is -7.16. The minimum Gasteiger partial charge on any atom is -0.493 e. The summed E-state index contributed by atoms with van der Waals surface area (Å²) in [7, 11) is -6.09. The Morgan fingerprint density at radius 3 is 0.717 bits per heavy atom. The quantitative estimate of drug-likeness (QED) is 0.0303. The molecule has 12 rings (SSSR count). The highest BCUT2D eigenvalue weighted by Gasteiger charge is 2.47. The van der Waals surface area contributed by atoms with E-state index in [-0.39, 0.29) is 103 Å². The third kappa shape index (κ3) is 23.8. The zero-order chi connectivity index (χ0) is 133. The van der Waals surface area contributed by atoms with Crippen LogP contribution in [0, 0.1) is 70.9 Å². The van der Waals surface area contributed by atoms with E-state index < -0.39 is 264 Å². The number of nitrogens with two attached hydrogens (primary N) is 4. The molecule has 16 atom stereocenters. The number of carbonyl (C=O) groups excluding carboxylic acids is 4. The molecule has 24 nitrogen and oxygen atoms in total. The van der Waals surface area contributed by atoms with Gasteiger partial charge in [-0.15, -0.1) is 0 Å². The van der Waals surface area contributed by atoms with Gasteiger partial charge in [0.1, 0.15) is 48.4 Å². The van der Waals surface area contributed by atoms with Gasteiger partial charge in [-0.3, -0.25) is 38.8 Å². The molecule has 8 aliphatic rings.